The van der Waals surface area contributed by atoms with Crippen LogP contribution in [-0.2, 0) is 0 Å². The van der Waals surface area contributed by atoms with Crippen molar-refractivity contribution in [2.45, 2.75) is 13.3 Å². The highest BCUT2D eigenvalue weighted by Crippen LogP contribution is 2.00. The summed E-state index contributed by atoms with van der Waals surface area (Å²) >= 11 is 0. The van der Waals surface area contributed by atoms with Crippen molar-refractivity contribution >= 4 is 6.08 Å². The van der Waals surface area contributed by atoms with Gasteiger partial charge in [-0.3, -0.25) is 4.98 Å². The predicted octanol–water partition coefficient (Wildman–Crippen LogP) is 1.79. The molecule has 0 spiro atoms. The molecule has 0 radical (unpaired) electrons. The van der Waals surface area contributed by atoms with Gasteiger partial charge in [-0.1, -0.05) is 13.0 Å². The van der Waals surface area contributed by atoms with Gasteiger partial charge in [-0.2, -0.15) is 0 Å². The number of aromatic nitrogens is 1. The van der Waals surface area contributed by atoms with Gasteiger partial charge in [-0.15, -0.1) is 0 Å². The third-order valence-corrected chi connectivity index (χ3v) is 1.43. The van der Waals surface area contributed by atoms with Crippen LogP contribution >= 0.6 is 0 Å². The fraction of sp³-hybridized carbons (Fsp3) is 0.222. The molecule has 0 saturated carbocycles. The topological polar surface area (TPSA) is 38.9 Å². The van der Waals surface area contributed by atoms with Gasteiger partial charge in [0, 0.05) is 11.9 Å². The van der Waals surface area contributed by atoms with E-state index in [0.717, 1.165) is 17.8 Å². The normalized spacial score (nSPS) is 11.5. The van der Waals surface area contributed by atoms with Crippen molar-refractivity contribution < 1.29 is 0 Å². The summed E-state index contributed by atoms with van der Waals surface area (Å²) in [4.78, 5) is 4.11. The zero-order valence-electron chi connectivity index (χ0n) is 6.62. The molecule has 2 heteroatoms. The van der Waals surface area contributed by atoms with E-state index < -0.39 is 0 Å². The van der Waals surface area contributed by atoms with Gasteiger partial charge >= 0.3 is 0 Å². The van der Waals surface area contributed by atoms with E-state index >= 15 is 0 Å². The quantitative estimate of drug-likeness (QED) is 0.694. The van der Waals surface area contributed by atoms with Crippen LogP contribution in [0, 0.1) is 0 Å². The molecule has 11 heavy (non-hydrogen) atoms. The Balaban J connectivity index is 2.79. The molecule has 0 saturated heterocycles. The van der Waals surface area contributed by atoms with Crippen molar-refractivity contribution in [2.24, 2.45) is 5.73 Å². The number of nitrogens with two attached hydrogens (primary N) is 1. The molecule has 0 bridgehead atoms. The van der Waals surface area contributed by atoms with Gasteiger partial charge in [-0.25, -0.2) is 0 Å². The SMILES string of the molecule is CCC(N)=Cc1ccccn1. The highest BCUT2D eigenvalue weighted by molar-refractivity contribution is 5.47. The standard InChI is InChI=1S/C9H12N2/c1-2-8(10)7-9-5-3-4-6-11-9/h3-7H,2,10H2,1H3. The summed E-state index contributed by atoms with van der Waals surface area (Å²) in [6.07, 6.45) is 4.52. The molecule has 0 fully saturated rings. The molecular formula is C9H12N2. The molecule has 1 rings (SSSR count). The van der Waals surface area contributed by atoms with E-state index in [1.165, 1.54) is 0 Å². The van der Waals surface area contributed by atoms with Crippen molar-refractivity contribution in [3.05, 3.63) is 35.8 Å². The highest BCUT2D eigenvalue weighted by atomic mass is 14.7. The van der Waals surface area contributed by atoms with Crippen molar-refractivity contribution in [3.63, 3.8) is 0 Å². The molecule has 2 nitrogen and oxygen atoms in total. The molecule has 1 aromatic heterocycles. The Hall–Kier alpha value is -1.31. The lowest BCUT2D eigenvalue weighted by Gasteiger charge is -1.94. The fourth-order valence-electron chi connectivity index (χ4n) is 0.753. The van der Waals surface area contributed by atoms with Gasteiger partial charge in [0.2, 0.25) is 0 Å². The summed E-state index contributed by atoms with van der Waals surface area (Å²) in [5.74, 6) is 0. The molecule has 1 aromatic rings. The van der Waals surface area contributed by atoms with E-state index in [1.807, 2.05) is 31.2 Å². The summed E-state index contributed by atoms with van der Waals surface area (Å²) in [6, 6.07) is 5.77. The van der Waals surface area contributed by atoms with Crippen molar-refractivity contribution in [3.8, 4) is 0 Å². The lowest BCUT2D eigenvalue weighted by atomic mass is 10.2. The van der Waals surface area contributed by atoms with Crippen LogP contribution in [0.2, 0.25) is 0 Å². The van der Waals surface area contributed by atoms with Crippen molar-refractivity contribution in [1.29, 1.82) is 0 Å². The van der Waals surface area contributed by atoms with Gasteiger partial charge < -0.3 is 5.73 Å². The lowest BCUT2D eigenvalue weighted by molar-refractivity contribution is 1.08. The minimum Gasteiger partial charge on any atom is -0.402 e. The van der Waals surface area contributed by atoms with Gasteiger partial charge in [0.25, 0.3) is 0 Å². The summed E-state index contributed by atoms with van der Waals surface area (Å²) in [5.41, 5.74) is 7.41. The number of hydrogen-bond donors (Lipinski definition) is 1. The monoisotopic (exact) mass is 148 g/mol. The van der Waals surface area contributed by atoms with E-state index in [0.29, 0.717) is 0 Å². The number of rotatable bonds is 2. The van der Waals surface area contributed by atoms with Crippen LogP contribution in [0.5, 0.6) is 0 Å². The van der Waals surface area contributed by atoms with Crippen LogP contribution in [0.4, 0.5) is 0 Å². The third kappa shape index (κ3) is 2.42. The van der Waals surface area contributed by atoms with E-state index in [9.17, 15) is 0 Å². The maximum atomic E-state index is 5.63. The molecule has 0 atom stereocenters. The van der Waals surface area contributed by atoms with E-state index in [4.69, 9.17) is 5.73 Å². The van der Waals surface area contributed by atoms with E-state index in [-0.39, 0.29) is 0 Å². The molecular weight excluding hydrogens is 136 g/mol. The molecule has 0 aromatic carbocycles. The number of pyridine rings is 1. The maximum Gasteiger partial charge on any atom is 0.0646 e. The van der Waals surface area contributed by atoms with Crippen molar-refractivity contribution in [1.82, 2.24) is 4.98 Å². The second-order valence-corrected chi connectivity index (χ2v) is 2.33. The summed E-state index contributed by atoms with van der Waals surface area (Å²) in [7, 11) is 0. The molecule has 2 N–H and O–H groups in total. The zero-order valence-corrected chi connectivity index (χ0v) is 6.62. The van der Waals surface area contributed by atoms with Gasteiger partial charge in [0.15, 0.2) is 0 Å². The van der Waals surface area contributed by atoms with Crippen LogP contribution in [0.1, 0.15) is 19.0 Å². The maximum absolute atomic E-state index is 5.63. The highest BCUT2D eigenvalue weighted by Gasteiger charge is 1.87. The van der Waals surface area contributed by atoms with Crippen LogP contribution in [0.15, 0.2) is 30.1 Å². The first-order valence-corrected chi connectivity index (χ1v) is 3.70. The molecule has 1 heterocycles. The van der Waals surface area contributed by atoms with Gasteiger partial charge in [-0.05, 0) is 24.6 Å². The Morgan fingerprint density at radius 1 is 1.64 bits per heavy atom. The average Bonchev–Trinajstić information content (AvgIpc) is 2.06. The zero-order chi connectivity index (χ0) is 8.10. The Morgan fingerprint density at radius 3 is 3.00 bits per heavy atom. The minimum atomic E-state index is 0.865. The first-order chi connectivity index (χ1) is 5.33. The smallest absolute Gasteiger partial charge is 0.0646 e. The van der Waals surface area contributed by atoms with Crippen LogP contribution < -0.4 is 5.73 Å². The Kier molecular flexibility index (Phi) is 2.66. The molecule has 0 aliphatic heterocycles. The Bertz CT molecular complexity index is 239. The van der Waals surface area contributed by atoms with E-state index in [1.54, 1.807) is 6.20 Å². The fourth-order valence-corrected chi connectivity index (χ4v) is 0.753. The summed E-state index contributed by atoms with van der Waals surface area (Å²) in [5, 5.41) is 0. The van der Waals surface area contributed by atoms with Crippen LogP contribution in [-0.4, -0.2) is 4.98 Å². The Labute approximate surface area is 66.8 Å². The number of allylic oxidation sites excluding steroid dienone is 1. The van der Waals surface area contributed by atoms with Crippen LogP contribution in [0.3, 0.4) is 0 Å². The second-order valence-electron chi connectivity index (χ2n) is 2.33. The molecule has 0 unspecified atom stereocenters. The summed E-state index contributed by atoms with van der Waals surface area (Å²) < 4.78 is 0. The molecule has 0 amide bonds. The third-order valence-electron chi connectivity index (χ3n) is 1.43. The van der Waals surface area contributed by atoms with Gasteiger partial charge in [0.1, 0.15) is 0 Å². The molecule has 0 aliphatic carbocycles. The van der Waals surface area contributed by atoms with Crippen LogP contribution in [0.25, 0.3) is 6.08 Å². The minimum absolute atomic E-state index is 0.865. The lowest BCUT2D eigenvalue weighted by Crippen LogP contribution is -1.94. The van der Waals surface area contributed by atoms with E-state index in [2.05, 4.69) is 4.98 Å². The average molecular weight is 148 g/mol. The first kappa shape index (κ1) is 7.79. The Morgan fingerprint density at radius 2 is 2.45 bits per heavy atom. The first-order valence-electron chi connectivity index (χ1n) is 3.70. The van der Waals surface area contributed by atoms with Crippen molar-refractivity contribution in [2.75, 3.05) is 0 Å². The summed E-state index contributed by atoms with van der Waals surface area (Å²) in [6.45, 7) is 2.02. The predicted molar refractivity (Wildman–Crippen MR) is 46.7 cm³/mol. The number of nitrogens with zero attached hydrogens (tertiary/aromatic N) is 1. The number of hydrogen-bond acceptors (Lipinski definition) is 2. The molecule has 58 valence electrons. The largest absolute Gasteiger partial charge is 0.402 e. The molecule has 0 aliphatic rings. The second kappa shape index (κ2) is 3.76. The van der Waals surface area contributed by atoms with Gasteiger partial charge in [0.05, 0.1) is 5.69 Å².